The molecule has 1 aliphatic rings. The van der Waals surface area contributed by atoms with Crippen LogP contribution in [0.25, 0.3) is 17.1 Å². The predicted octanol–water partition coefficient (Wildman–Crippen LogP) is 4.47. The molecule has 0 unspecified atom stereocenters. The zero-order valence-corrected chi connectivity index (χ0v) is 19.4. The molecule has 2 heterocycles. The number of hydrogen-bond donors (Lipinski definition) is 1. The van der Waals surface area contributed by atoms with Crippen molar-refractivity contribution < 1.29 is 28.1 Å². The van der Waals surface area contributed by atoms with E-state index in [2.05, 4.69) is 15.4 Å². The summed E-state index contributed by atoms with van der Waals surface area (Å²) in [5.74, 6) is 0.942. The molecule has 0 spiro atoms. The molecule has 3 aromatic carbocycles. The Bertz CT molecular complexity index is 1370. The Balaban J connectivity index is 1.40. The molecule has 1 aromatic heterocycles. The fraction of sp³-hybridized carbons (Fsp3) is 0.192. The number of rotatable bonds is 9. The van der Waals surface area contributed by atoms with E-state index in [0.29, 0.717) is 48.5 Å². The van der Waals surface area contributed by atoms with Crippen molar-refractivity contribution >= 4 is 11.6 Å². The number of ether oxygens (including phenoxy) is 4. The highest BCUT2D eigenvalue weighted by Crippen LogP contribution is 2.36. The summed E-state index contributed by atoms with van der Waals surface area (Å²) in [5.41, 5.74) is 2.23. The summed E-state index contributed by atoms with van der Waals surface area (Å²) in [4.78, 5) is 17.0. The Kier molecular flexibility index (Phi) is 6.76. The zero-order chi connectivity index (χ0) is 24.9. The van der Waals surface area contributed by atoms with Crippen LogP contribution in [-0.2, 0) is 4.74 Å². The van der Waals surface area contributed by atoms with Crippen molar-refractivity contribution in [1.82, 2.24) is 14.8 Å². The first-order valence-electron chi connectivity index (χ1n) is 11.4. The summed E-state index contributed by atoms with van der Waals surface area (Å²) in [6, 6.07) is 18.3. The Morgan fingerprint density at radius 2 is 1.89 bits per heavy atom. The fourth-order valence-corrected chi connectivity index (χ4v) is 3.61. The van der Waals surface area contributed by atoms with Crippen LogP contribution < -0.4 is 19.5 Å². The number of carbonyl (C=O) groups excluding carboxylic acids is 1. The van der Waals surface area contributed by atoms with Gasteiger partial charge in [-0.25, -0.2) is 9.07 Å². The SMILES string of the molecule is CCOCCOc1nc(-c2ccc3c(c2)OCO3)n(-c2ccc(NC(=O)c3cccc(F)c3)cc2)n1. The average molecular weight is 490 g/mol. The van der Waals surface area contributed by atoms with Crippen molar-refractivity contribution in [3.05, 3.63) is 78.1 Å². The van der Waals surface area contributed by atoms with E-state index in [4.69, 9.17) is 18.9 Å². The highest BCUT2D eigenvalue weighted by Gasteiger charge is 2.19. The Morgan fingerprint density at radius 1 is 1.06 bits per heavy atom. The van der Waals surface area contributed by atoms with E-state index in [0.717, 1.165) is 5.56 Å². The molecule has 0 radical (unpaired) electrons. The van der Waals surface area contributed by atoms with Crippen molar-refractivity contribution in [2.24, 2.45) is 0 Å². The van der Waals surface area contributed by atoms with Crippen LogP contribution >= 0.6 is 0 Å². The van der Waals surface area contributed by atoms with E-state index in [1.54, 1.807) is 35.0 Å². The molecule has 0 fully saturated rings. The number of halogens is 1. The standard InChI is InChI=1S/C26H23FN4O5/c1-2-33-12-13-34-26-29-24(17-6-11-22-23(15-17)36-16-35-22)31(30-26)21-9-7-20(8-10-21)28-25(32)18-4-3-5-19(27)14-18/h3-11,14-15H,2,12-13,16H2,1H3,(H,28,32). The van der Waals surface area contributed by atoms with Gasteiger partial charge in [-0.3, -0.25) is 4.79 Å². The molecular formula is C26H23FN4O5. The monoisotopic (exact) mass is 490 g/mol. The molecule has 1 amide bonds. The van der Waals surface area contributed by atoms with Crippen LogP contribution in [0.15, 0.2) is 66.7 Å². The molecule has 5 rings (SSSR count). The number of benzene rings is 3. The highest BCUT2D eigenvalue weighted by atomic mass is 19.1. The Labute approximate surface area is 206 Å². The molecule has 1 N–H and O–H groups in total. The summed E-state index contributed by atoms with van der Waals surface area (Å²) in [6.45, 7) is 3.40. The summed E-state index contributed by atoms with van der Waals surface area (Å²) >= 11 is 0. The van der Waals surface area contributed by atoms with Gasteiger partial charge in [0, 0.05) is 23.4 Å². The third kappa shape index (κ3) is 5.13. The lowest BCUT2D eigenvalue weighted by Crippen LogP contribution is -2.12. The number of hydrogen-bond acceptors (Lipinski definition) is 7. The zero-order valence-electron chi connectivity index (χ0n) is 19.4. The molecular weight excluding hydrogens is 467 g/mol. The Hall–Kier alpha value is -4.44. The normalized spacial score (nSPS) is 11.9. The molecule has 9 nitrogen and oxygen atoms in total. The van der Waals surface area contributed by atoms with E-state index in [9.17, 15) is 9.18 Å². The van der Waals surface area contributed by atoms with E-state index in [-0.39, 0.29) is 18.4 Å². The van der Waals surface area contributed by atoms with Crippen molar-refractivity contribution in [2.45, 2.75) is 6.92 Å². The lowest BCUT2D eigenvalue weighted by molar-refractivity contribution is 0.102. The van der Waals surface area contributed by atoms with Gasteiger partial charge in [0.25, 0.3) is 5.91 Å². The number of fused-ring (bicyclic) bond motifs is 1. The number of nitrogens with zero attached hydrogens (tertiary/aromatic N) is 3. The van der Waals surface area contributed by atoms with Crippen LogP contribution in [0.3, 0.4) is 0 Å². The molecule has 10 heteroatoms. The molecule has 1 aliphatic heterocycles. The predicted molar refractivity (Wildman–Crippen MR) is 129 cm³/mol. The van der Waals surface area contributed by atoms with Gasteiger partial charge in [0.2, 0.25) is 6.79 Å². The van der Waals surface area contributed by atoms with Crippen LogP contribution in [0.4, 0.5) is 10.1 Å². The van der Waals surface area contributed by atoms with Crippen molar-refractivity contribution in [2.75, 3.05) is 31.9 Å². The third-order valence-electron chi connectivity index (χ3n) is 5.34. The lowest BCUT2D eigenvalue weighted by atomic mass is 10.2. The largest absolute Gasteiger partial charge is 0.460 e. The van der Waals surface area contributed by atoms with Crippen LogP contribution in [0, 0.1) is 5.82 Å². The first-order chi connectivity index (χ1) is 17.6. The molecule has 0 saturated carbocycles. The van der Waals surface area contributed by atoms with Crippen molar-refractivity contribution in [3.63, 3.8) is 0 Å². The van der Waals surface area contributed by atoms with Gasteiger partial charge in [-0.2, -0.15) is 4.98 Å². The minimum atomic E-state index is -0.473. The van der Waals surface area contributed by atoms with Gasteiger partial charge < -0.3 is 24.3 Å². The molecule has 0 aliphatic carbocycles. The highest BCUT2D eigenvalue weighted by molar-refractivity contribution is 6.04. The molecule has 36 heavy (non-hydrogen) atoms. The molecule has 0 atom stereocenters. The van der Waals surface area contributed by atoms with Gasteiger partial charge in [-0.15, -0.1) is 5.10 Å². The molecule has 0 saturated heterocycles. The van der Waals surface area contributed by atoms with Crippen LogP contribution in [-0.4, -0.2) is 47.3 Å². The summed E-state index contributed by atoms with van der Waals surface area (Å²) < 4.78 is 37.0. The second-order valence-corrected chi connectivity index (χ2v) is 7.75. The maximum atomic E-state index is 13.4. The maximum Gasteiger partial charge on any atom is 0.336 e. The van der Waals surface area contributed by atoms with Gasteiger partial charge in [0.15, 0.2) is 17.3 Å². The smallest absolute Gasteiger partial charge is 0.336 e. The minimum Gasteiger partial charge on any atom is -0.460 e. The first kappa shape index (κ1) is 23.3. The van der Waals surface area contributed by atoms with E-state index in [1.165, 1.54) is 18.2 Å². The second kappa shape index (κ2) is 10.4. The minimum absolute atomic E-state index is 0.167. The molecule has 184 valence electrons. The number of carbonyl (C=O) groups is 1. The van der Waals surface area contributed by atoms with Gasteiger partial charge in [-0.1, -0.05) is 6.07 Å². The summed E-state index contributed by atoms with van der Waals surface area (Å²) in [6.07, 6.45) is 0. The van der Waals surface area contributed by atoms with Crippen LogP contribution in [0.5, 0.6) is 17.5 Å². The topological polar surface area (TPSA) is 96.7 Å². The number of anilines is 1. The van der Waals surface area contributed by atoms with E-state index in [1.807, 2.05) is 25.1 Å². The third-order valence-corrected chi connectivity index (χ3v) is 5.34. The van der Waals surface area contributed by atoms with Crippen molar-refractivity contribution in [1.29, 1.82) is 0 Å². The lowest BCUT2D eigenvalue weighted by Gasteiger charge is -2.09. The Morgan fingerprint density at radius 3 is 2.69 bits per heavy atom. The average Bonchev–Trinajstić information content (AvgIpc) is 3.54. The fourth-order valence-electron chi connectivity index (χ4n) is 3.61. The van der Waals surface area contributed by atoms with Crippen LogP contribution in [0.2, 0.25) is 0 Å². The molecule has 0 bridgehead atoms. The maximum absolute atomic E-state index is 13.4. The van der Waals surface area contributed by atoms with Gasteiger partial charge in [-0.05, 0) is 67.6 Å². The summed E-state index contributed by atoms with van der Waals surface area (Å²) in [7, 11) is 0. The van der Waals surface area contributed by atoms with E-state index >= 15 is 0 Å². The van der Waals surface area contributed by atoms with Crippen LogP contribution in [0.1, 0.15) is 17.3 Å². The van der Waals surface area contributed by atoms with Gasteiger partial charge in [0.1, 0.15) is 12.4 Å². The number of aromatic nitrogens is 3. The second-order valence-electron chi connectivity index (χ2n) is 7.75. The van der Waals surface area contributed by atoms with Gasteiger partial charge >= 0.3 is 6.01 Å². The quantitative estimate of drug-likeness (QED) is 0.346. The van der Waals surface area contributed by atoms with Crippen molar-refractivity contribution in [3.8, 4) is 34.6 Å². The number of amides is 1. The van der Waals surface area contributed by atoms with Gasteiger partial charge in [0.05, 0.1) is 12.3 Å². The summed E-state index contributed by atoms with van der Waals surface area (Å²) in [5, 5.41) is 7.29. The first-order valence-corrected chi connectivity index (χ1v) is 11.4. The number of nitrogens with one attached hydrogen (secondary N) is 1. The van der Waals surface area contributed by atoms with E-state index < -0.39 is 11.7 Å². The molecule has 4 aromatic rings.